The van der Waals surface area contributed by atoms with Crippen LogP contribution < -0.4 is 5.32 Å². The number of amides is 1. The van der Waals surface area contributed by atoms with Gasteiger partial charge in [0.2, 0.25) is 12.2 Å². The zero-order valence-electron chi connectivity index (χ0n) is 17.0. The van der Waals surface area contributed by atoms with E-state index in [1.54, 1.807) is 6.20 Å². The molecule has 0 atom stereocenters. The Hall–Kier alpha value is -4.26. The van der Waals surface area contributed by atoms with Crippen molar-refractivity contribution in [1.29, 1.82) is 0 Å². The Labute approximate surface area is 178 Å². The minimum absolute atomic E-state index is 0.143. The zero-order chi connectivity index (χ0) is 21.4. The number of pyridine rings is 1. The number of carbonyl (C=O) groups is 1. The van der Waals surface area contributed by atoms with Crippen molar-refractivity contribution < 1.29 is 9.21 Å². The van der Waals surface area contributed by atoms with Gasteiger partial charge in [-0.1, -0.05) is 35.9 Å². The summed E-state index contributed by atoms with van der Waals surface area (Å²) in [6, 6.07) is 17.5. The summed E-state index contributed by atoms with van der Waals surface area (Å²) in [4.78, 5) is 17.4. The van der Waals surface area contributed by atoms with Crippen LogP contribution in [-0.2, 0) is 0 Å². The minimum atomic E-state index is -0.143. The molecule has 0 aliphatic carbocycles. The van der Waals surface area contributed by atoms with Crippen LogP contribution in [-0.4, -0.2) is 25.5 Å². The van der Waals surface area contributed by atoms with Gasteiger partial charge in [0.15, 0.2) is 0 Å². The van der Waals surface area contributed by atoms with Gasteiger partial charge in [0.05, 0.1) is 11.7 Å². The summed E-state index contributed by atoms with van der Waals surface area (Å²) in [5.74, 6) is 0.772. The van der Waals surface area contributed by atoms with Crippen LogP contribution in [0.15, 0.2) is 77.8 Å². The third kappa shape index (κ3) is 3.46. The number of hydrogen-bond acceptors (Lipinski definition) is 5. The quantitative estimate of drug-likeness (QED) is 0.455. The van der Waals surface area contributed by atoms with E-state index < -0.39 is 0 Å². The van der Waals surface area contributed by atoms with Crippen LogP contribution in [0.3, 0.4) is 0 Å². The highest BCUT2D eigenvalue weighted by atomic mass is 16.4. The summed E-state index contributed by atoms with van der Waals surface area (Å²) >= 11 is 0. The molecule has 1 N–H and O–H groups in total. The van der Waals surface area contributed by atoms with Crippen molar-refractivity contribution in [3.8, 4) is 22.8 Å². The molecule has 0 saturated heterocycles. The van der Waals surface area contributed by atoms with E-state index in [1.165, 1.54) is 6.39 Å². The maximum absolute atomic E-state index is 13.0. The first-order valence-electron chi connectivity index (χ1n) is 9.82. The molecule has 3 aromatic heterocycles. The molecule has 0 aliphatic rings. The van der Waals surface area contributed by atoms with Gasteiger partial charge in [-0.2, -0.15) is 0 Å². The van der Waals surface area contributed by atoms with Crippen LogP contribution in [0, 0.1) is 13.8 Å². The van der Waals surface area contributed by atoms with Gasteiger partial charge in [0, 0.05) is 23.0 Å². The standard InChI is InChI=1S/C24H19N5O2/c1-15-5-9-18(10-6-15)27-23(30)20-12-17(8-7-16(20)2)19-4-3-11-29-21(19)13-25-22(29)24-28-26-14-31-24/h3-14H,1-2H3,(H,27,30). The van der Waals surface area contributed by atoms with Crippen molar-refractivity contribution in [2.75, 3.05) is 5.32 Å². The number of nitrogens with zero attached hydrogens (tertiary/aromatic N) is 4. The Morgan fingerprint density at radius 2 is 1.90 bits per heavy atom. The second kappa shape index (κ2) is 7.53. The van der Waals surface area contributed by atoms with Crippen LogP contribution in [0.1, 0.15) is 21.5 Å². The molecule has 0 spiro atoms. The predicted octanol–water partition coefficient (Wildman–Crippen LogP) is 4.92. The fraction of sp³-hybridized carbons (Fsp3) is 0.0833. The van der Waals surface area contributed by atoms with Gasteiger partial charge in [-0.15, -0.1) is 10.2 Å². The van der Waals surface area contributed by atoms with Crippen molar-refractivity contribution in [3.63, 3.8) is 0 Å². The Morgan fingerprint density at radius 3 is 2.68 bits per heavy atom. The number of imidazole rings is 1. The number of carbonyl (C=O) groups excluding carboxylic acids is 1. The maximum Gasteiger partial charge on any atom is 0.284 e. The molecule has 152 valence electrons. The number of nitrogens with one attached hydrogen (secondary N) is 1. The maximum atomic E-state index is 13.0. The summed E-state index contributed by atoms with van der Waals surface area (Å²) in [7, 11) is 0. The number of rotatable bonds is 4. The molecular formula is C24H19N5O2. The molecular weight excluding hydrogens is 390 g/mol. The molecule has 2 aromatic carbocycles. The zero-order valence-corrected chi connectivity index (χ0v) is 17.0. The molecule has 1 amide bonds. The Bertz CT molecular complexity index is 1390. The van der Waals surface area contributed by atoms with Crippen LogP contribution >= 0.6 is 0 Å². The van der Waals surface area contributed by atoms with E-state index in [2.05, 4.69) is 20.5 Å². The Kier molecular flexibility index (Phi) is 4.55. The highest BCUT2D eigenvalue weighted by Gasteiger charge is 2.16. The molecule has 0 unspecified atom stereocenters. The summed E-state index contributed by atoms with van der Waals surface area (Å²) in [6.07, 6.45) is 4.94. The lowest BCUT2D eigenvalue weighted by molar-refractivity contribution is 0.102. The number of fused-ring (bicyclic) bond motifs is 1. The van der Waals surface area contributed by atoms with Gasteiger partial charge < -0.3 is 9.73 Å². The van der Waals surface area contributed by atoms with Gasteiger partial charge >= 0.3 is 0 Å². The number of aromatic nitrogens is 4. The first-order valence-corrected chi connectivity index (χ1v) is 9.82. The van der Waals surface area contributed by atoms with Crippen LogP contribution in [0.2, 0.25) is 0 Å². The molecule has 7 heteroatoms. The molecule has 5 rings (SSSR count). The fourth-order valence-corrected chi connectivity index (χ4v) is 3.56. The van der Waals surface area contributed by atoms with Gasteiger partial charge in [0.25, 0.3) is 11.8 Å². The molecule has 0 fully saturated rings. The van der Waals surface area contributed by atoms with Gasteiger partial charge in [0.1, 0.15) is 0 Å². The highest BCUT2D eigenvalue weighted by molar-refractivity contribution is 6.06. The van der Waals surface area contributed by atoms with Crippen molar-refractivity contribution in [1.82, 2.24) is 19.6 Å². The number of aryl methyl sites for hydroxylation is 2. The van der Waals surface area contributed by atoms with E-state index in [1.807, 2.05) is 79.0 Å². The SMILES string of the molecule is Cc1ccc(NC(=O)c2cc(-c3cccn4c(-c5nnco5)ncc34)ccc2C)cc1. The van der Waals surface area contributed by atoms with E-state index in [-0.39, 0.29) is 5.91 Å². The van der Waals surface area contributed by atoms with Gasteiger partial charge in [-0.05, 0) is 49.2 Å². The molecule has 0 radical (unpaired) electrons. The highest BCUT2D eigenvalue weighted by Crippen LogP contribution is 2.29. The molecule has 5 aromatic rings. The van der Waals surface area contributed by atoms with Crippen molar-refractivity contribution in [3.05, 3.63) is 90.1 Å². The monoisotopic (exact) mass is 409 g/mol. The first kappa shape index (κ1) is 18.7. The number of hydrogen-bond donors (Lipinski definition) is 1. The van der Waals surface area contributed by atoms with E-state index >= 15 is 0 Å². The van der Waals surface area contributed by atoms with Crippen LogP contribution in [0.25, 0.3) is 28.4 Å². The summed E-state index contributed by atoms with van der Waals surface area (Å²) in [5.41, 5.74) is 6.18. The average molecular weight is 409 g/mol. The number of anilines is 1. The average Bonchev–Trinajstić information content (AvgIpc) is 3.45. The second-order valence-electron chi connectivity index (χ2n) is 7.35. The first-order chi connectivity index (χ1) is 15.1. The van der Waals surface area contributed by atoms with E-state index in [0.29, 0.717) is 17.3 Å². The summed E-state index contributed by atoms with van der Waals surface area (Å²) < 4.78 is 7.20. The smallest absolute Gasteiger partial charge is 0.284 e. The third-order valence-corrected chi connectivity index (χ3v) is 5.22. The van der Waals surface area contributed by atoms with Crippen LogP contribution in [0.5, 0.6) is 0 Å². The van der Waals surface area contributed by atoms with E-state index in [9.17, 15) is 4.79 Å². The van der Waals surface area contributed by atoms with Crippen LogP contribution in [0.4, 0.5) is 5.69 Å². The summed E-state index contributed by atoms with van der Waals surface area (Å²) in [6.45, 7) is 3.95. The van der Waals surface area contributed by atoms with Crippen molar-refractivity contribution in [2.24, 2.45) is 0 Å². The van der Waals surface area contributed by atoms with Gasteiger partial charge in [-0.25, -0.2) is 4.98 Å². The molecule has 31 heavy (non-hydrogen) atoms. The van der Waals surface area contributed by atoms with Crippen molar-refractivity contribution >= 4 is 17.1 Å². The topological polar surface area (TPSA) is 85.3 Å². The normalized spacial score (nSPS) is 11.0. The second-order valence-corrected chi connectivity index (χ2v) is 7.35. The van der Waals surface area contributed by atoms with E-state index in [4.69, 9.17) is 4.42 Å². The summed E-state index contributed by atoms with van der Waals surface area (Å²) in [5, 5.41) is 10.7. The lowest BCUT2D eigenvalue weighted by Gasteiger charge is -2.11. The largest absolute Gasteiger partial charge is 0.421 e. The van der Waals surface area contributed by atoms with Crippen molar-refractivity contribution in [2.45, 2.75) is 13.8 Å². The Balaban J connectivity index is 1.54. The number of benzene rings is 2. The lowest BCUT2D eigenvalue weighted by Crippen LogP contribution is -2.13. The third-order valence-electron chi connectivity index (χ3n) is 5.22. The Morgan fingerprint density at radius 1 is 1.06 bits per heavy atom. The minimum Gasteiger partial charge on any atom is -0.421 e. The van der Waals surface area contributed by atoms with E-state index in [0.717, 1.165) is 33.5 Å². The molecule has 3 heterocycles. The molecule has 0 saturated carbocycles. The predicted molar refractivity (Wildman–Crippen MR) is 118 cm³/mol. The van der Waals surface area contributed by atoms with Gasteiger partial charge in [-0.3, -0.25) is 9.20 Å². The molecule has 0 aliphatic heterocycles. The lowest BCUT2D eigenvalue weighted by atomic mass is 9.99. The molecule has 7 nitrogen and oxygen atoms in total. The molecule has 0 bridgehead atoms. The fourth-order valence-electron chi connectivity index (χ4n) is 3.56.